The van der Waals surface area contributed by atoms with Gasteiger partial charge in [0, 0.05) is 0 Å². The number of rotatable bonds is 8. The van der Waals surface area contributed by atoms with Crippen LogP contribution >= 0.6 is 11.8 Å². The van der Waals surface area contributed by atoms with Gasteiger partial charge in [0.25, 0.3) is 5.91 Å². The Kier molecular flexibility index (Phi) is 7.25. The van der Waals surface area contributed by atoms with Gasteiger partial charge in [0.15, 0.2) is 5.16 Å². The number of fused-ring (bicyclic) bond motifs is 1. The predicted molar refractivity (Wildman–Crippen MR) is 137 cm³/mol. The van der Waals surface area contributed by atoms with Gasteiger partial charge in [-0.3, -0.25) is 4.79 Å². The molecule has 4 rings (SSSR count). The molecule has 1 amide bonds. The molecule has 0 saturated carbocycles. The van der Waals surface area contributed by atoms with Crippen LogP contribution in [0.2, 0.25) is 0 Å². The van der Waals surface area contributed by atoms with Crippen molar-refractivity contribution in [2.24, 2.45) is 5.10 Å². The Bertz CT molecular complexity index is 1260. The lowest BCUT2D eigenvalue weighted by atomic mass is 10.0. The van der Waals surface area contributed by atoms with Crippen molar-refractivity contribution in [3.63, 3.8) is 0 Å². The fourth-order valence-corrected chi connectivity index (χ4v) is 4.31. The molecule has 0 saturated heterocycles. The molecule has 4 aromatic rings. The summed E-state index contributed by atoms with van der Waals surface area (Å²) < 4.78 is 2.16. The number of amides is 1. The van der Waals surface area contributed by atoms with Gasteiger partial charge in [-0.15, -0.1) is 0 Å². The molecule has 1 aromatic heterocycles. The van der Waals surface area contributed by atoms with Crippen molar-refractivity contribution in [1.29, 1.82) is 0 Å². The number of para-hydroxylation sites is 2. The van der Waals surface area contributed by atoms with Crippen molar-refractivity contribution in [2.45, 2.75) is 38.4 Å². The molecule has 0 aliphatic carbocycles. The molecule has 0 bridgehead atoms. The zero-order chi connectivity index (χ0) is 23.2. The van der Waals surface area contributed by atoms with Crippen LogP contribution in [0.1, 0.15) is 42.0 Å². The second-order valence-corrected chi connectivity index (χ2v) is 9.30. The van der Waals surface area contributed by atoms with Gasteiger partial charge in [-0.1, -0.05) is 91.8 Å². The molecule has 0 aliphatic heterocycles. The molecule has 0 radical (unpaired) electrons. The van der Waals surface area contributed by atoms with E-state index in [1.54, 1.807) is 6.21 Å². The van der Waals surface area contributed by atoms with Crippen LogP contribution in [-0.2, 0) is 11.3 Å². The molecule has 0 unspecified atom stereocenters. The number of nitrogens with zero attached hydrogens (tertiary/aromatic N) is 3. The number of thioether (sulfide) groups is 1. The molecule has 0 atom stereocenters. The monoisotopic (exact) mass is 456 g/mol. The number of benzene rings is 3. The Morgan fingerprint density at radius 1 is 1.06 bits per heavy atom. The van der Waals surface area contributed by atoms with Crippen molar-refractivity contribution in [3.05, 3.63) is 95.1 Å². The van der Waals surface area contributed by atoms with Gasteiger partial charge in [-0.25, -0.2) is 10.4 Å². The quantitative estimate of drug-likeness (QED) is 0.208. The summed E-state index contributed by atoms with van der Waals surface area (Å²) in [7, 11) is 0. The smallest absolute Gasteiger partial charge is 0.250 e. The first-order valence-corrected chi connectivity index (χ1v) is 12.0. The SMILES string of the molecule is Cc1ccc(Cn2c(SCC(=O)N/N=C\c3ccc(C(C)C)cc3)nc3ccccc32)cc1. The van der Waals surface area contributed by atoms with Crippen LogP contribution in [0.5, 0.6) is 0 Å². The van der Waals surface area contributed by atoms with E-state index in [2.05, 4.69) is 78.3 Å². The lowest BCUT2D eigenvalue weighted by molar-refractivity contribution is -0.118. The minimum atomic E-state index is -0.163. The number of hydrogen-bond acceptors (Lipinski definition) is 4. The van der Waals surface area contributed by atoms with E-state index in [1.807, 2.05) is 30.3 Å². The Morgan fingerprint density at radius 2 is 1.79 bits per heavy atom. The number of imidazole rings is 1. The topological polar surface area (TPSA) is 59.3 Å². The number of aromatic nitrogens is 2. The second kappa shape index (κ2) is 10.5. The average Bonchev–Trinajstić information content (AvgIpc) is 3.17. The molecule has 3 aromatic carbocycles. The molecule has 5 nitrogen and oxygen atoms in total. The highest BCUT2D eigenvalue weighted by atomic mass is 32.2. The first kappa shape index (κ1) is 22.8. The summed E-state index contributed by atoms with van der Waals surface area (Å²) in [5.74, 6) is 0.563. The van der Waals surface area contributed by atoms with E-state index in [1.165, 1.54) is 28.5 Å². The van der Waals surface area contributed by atoms with Crippen LogP contribution in [-0.4, -0.2) is 27.4 Å². The van der Waals surface area contributed by atoms with Crippen LogP contribution in [0.15, 0.2) is 83.1 Å². The van der Waals surface area contributed by atoms with E-state index in [-0.39, 0.29) is 11.7 Å². The Labute approximate surface area is 198 Å². The Morgan fingerprint density at radius 3 is 2.52 bits per heavy atom. The van der Waals surface area contributed by atoms with Crippen molar-refractivity contribution in [3.8, 4) is 0 Å². The largest absolute Gasteiger partial charge is 0.314 e. The third-order valence-corrected chi connectivity index (χ3v) is 6.40. The molecule has 1 N–H and O–H groups in total. The van der Waals surface area contributed by atoms with Crippen molar-refractivity contribution in [1.82, 2.24) is 15.0 Å². The van der Waals surface area contributed by atoms with Gasteiger partial charge >= 0.3 is 0 Å². The highest BCUT2D eigenvalue weighted by molar-refractivity contribution is 7.99. The van der Waals surface area contributed by atoms with Gasteiger partial charge in [-0.05, 0) is 41.7 Å². The molecular weight excluding hydrogens is 428 g/mol. The summed E-state index contributed by atoms with van der Waals surface area (Å²) in [6.45, 7) is 7.11. The van der Waals surface area contributed by atoms with Crippen molar-refractivity contribution in [2.75, 3.05) is 5.75 Å². The zero-order valence-corrected chi connectivity index (χ0v) is 20.0. The predicted octanol–water partition coefficient (Wildman–Crippen LogP) is 5.76. The summed E-state index contributed by atoms with van der Waals surface area (Å²) >= 11 is 1.42. The standard InChI is InChI=1S/C27H28N4OS/c1-19(2)23-14-12-21(13-15-23)16-28-30-26(32)18-33-27-29-24-6-4-5-7-25(24)31(27)17-22-10-8-20(3)9-11-22/h4-16,19H,17-18H2,1-3H3,(H,30,32)/b28-16-. The van der Waals surface area contributed by atoms with Crippen molar-refractivity contribution >= 4 is 34.9 Å². The molecule has 0 spiro atoms. The summed E-state index contributed by atoms with van der Waals surface area (Å²) in [4.78, 5) is 17.1. The minimum Gasteiger partial charge on any atom is -0.314 e. The molecular formula is C27H28N4OS. The number of hydrogen-bond donors (Lipinski definition) is 1. The van der Waals surface area contributed by atoms with Crippen LogP contribution in [0.25, 0.3) is 11.0 Å². The lowest BCUT2D eigenvalue weighted by Crippen LogP contribution is -2.20. The van der Waals surface area contributed by atoms with E-state index in [0.29, 0.717) is 12.5 Å². The Balaban J connectivity index is 1.41. The number of carbonyl (C=O) groups is 1. The molecule has 0 fully saturated rings. The normalized spacial score (nSPS) is 11.5. The summed E-state index contributed by atoms with van der Waals surface area (Å²) in [6.07, 6.45) is 1.67. The van der Waals surface area contributed by atoms with Gasteiger partial charge in [0.1, 0.15) is 0 Å². The zero-order valence-electron chi connectivity index (χ0n) is 19.2. The number of hydrazone groups is 1. The van der Waals surface area contributed by atoms with Crippen LogP contribution in [0, 0.1) is 6.92 Å². The first-order chi connectivity index (χ1) is 16.0. The maximum absolute atomic E-state index is 12.4. The molecule has 1 heterocycles. The minimum absolute atomic E-state index is 0.163. The van der Waals surface area contributed by atoms with Gasteiger partial charge in [-0.2, -0.15) is 5.10 Å². The first-order valence-electron chi connectivity index (χ1n) is 11.0. The number of aryl methyl sites for hydroxylation is 1. The highest BCUT2D eigenvalue weighted by Crippen LogP contribution is 2.25. The van der Waals surface area contributed by atoms with Crippen molar-refractivity contribution < 1.29 is 4.79 Å². The highest BCUT2D eigenvalue weighted by Gasteiger charge is 2.13. The van der Waals surface area contributed by atoms with Gasteiger partial charge < -0.3 is 4.57 Å². The summed E-state index contributed by atoms with van der Waals surface area (Å²) in [5.41, 5.74) is 9.27. The third kappa shape index (κ3) is 5.90. The molecule has 6 heteroatoms. The van der Waals surface area contributed by atoms with E-state index in [9.17, 15) is 4.79 Å². The fraction of sp³-hybridized carbons (Fsp3) is 0.222. The lowest BCUT2D eigenvalue weighted by Gasteiger charge is -2.09. The summed E-state index contributed by atoms with van der Waals surface area (Å²) in [5, 5.41) is 4.92. The van der Waals surface area contributed by atoms with Crippen LogP contribution < -0.4 is 5.43 Å². The third-order valence-electron chi connectivity index (χ3n) is 5.42. The van der Waals surface area contributed by atoms with Gasteiger partial charge in [0.05, 0.1) is 29.5 Å². The summed E-state index contributed by atoms with van der Waals surface area (Å²) in [6, 6.07) is 24.7. The Hall–Kier alpha value is -3.38. The fourth-order valence-electron chi connectivity index (χ4n) is 3.50. The van der Waals surface area contributed by atoms with Crippen LogP contribution in [0.4, 0.5) is 0 Å². The van der Waals surface area contributed by atoms with E-state index in [4.69, 9.17) is 4.98 Å². The van der Waals surface area contributed by atoms with E-state index >= 15 is 0 Å². The number of nitrogens with one attached hydrogen (secondary N) is 1. The molecule has 0 aliphatic rings. The average molecular weight is 457 g/mol. The van der Waals surface area contributed by atoms with E-state index in [0.717, 1.165) is 21.8 Å². The van der Waals surface area contributed by atoms with E-state index < -0.39 is 0 Å². The number of carbonyl (C=O) groups excluding carboxylic acids is 1. The maximum atomic E-state index is 12.4. The maximum Gasteiger partial charge on any atom is 0.250 e. The van der Waals surface area contributed by atoms with Crippen LogP contribution in [0.3, 0.4) is 0 Å². The molecule has 168 valence electrons. The second-order valence-electron chi connectivity index (χ2n) is 8.36. The van der Waals surface area contributed by atoms with Gasteiger partial charge in [0.2, 0.25) is 0 Å². The molecule has 33 heavy (non-hydrogen) atoms.